The summed E-state index contributed by atoms with van der Waals surface area (Å²) in [6.07, 6.45) is 1.42. The summed E-state index contributed by atoms with van der Waals surface area (Å²) in [6, 6.07) is 3.73. The van der Waals surface area contributed by atoms with Gasteiger partial charge >= 0.3 is 6.03 Å². The van der Waals surface area contributed by atoms with Crippen LogP contribution >= 0.6 is 11.6 Å². The topological polar surface area (TPSA) is 54.0 Å². The van der Waals surface area contributed by atoms with E-state index in [0.717, 1.165) is 6.07 Å². The molecule has 0 spiro atoms. The van der Waals surface area contributed by atoms with Gasteiger partial charge in [0.25, 0.3) is 0 Å². The Balaban J connectivity index is 2.13. The summed E-state index contributed by atoms with van der Waals surface area (Å²) < 4.78 is 39.1. The van der Waals surface area contributed by atoms with Gasteiger partial charge < -0.3 is 10.6 Å². The van der Waals surface area contributed by atoms with Gasteiger partial charge in [0.1, 0.15) is 0 Å². The van der Waals surface area contributed by atoms with Crippen molar-refractivity contribution in [3.05, 3.63) is 53.1 Å². The Bertz CT molecular complexity index is 666. The molecular formula is C12H7ClF3N3O. The molecule has 0 fully saturated rings. The highest BCUT2D eigenvalue weighted by Gasteiger charge is 2.15. The van der Waals surface area contributed by atoms with Crippen LogP contribution in [0, 0.1) is 17.5 Å². The number of carbonyl (C=O) groups is 1. The second-order valence-corrected chi connectivity index (χ2v) is 4.00. The van der Waals surface area contributed by atoms with Gasteiger partial charge in [0, 0.05) is 6.20 Å². The van der Waals surface area contributed by atoms with Crippen molar-refractivity contribution in [2.24, 2.45) is 0 Å². The maximum atomic E-state index is 13.3. The van der Waals surface area contributed by atoms with Crippen LogP contribution < -0.4 is 10.6 Å². The fraction of sp³-hybridized carbons (Fsp3) is 0. The first-order valence-electron chi connectivity index (χ1n) is 5.31. The number of anilines is 2. The number of nitrogens with one attached hydrogen (secondary N) is 2. The van der Waals surface area contributed by atoms with E-state index in [1.807, 2.05) is 5.32 Å². The summed E-state index contributed by atoms with van der Waals surface area (Å²) >= 11 is 5.71. The minimum absolute atomic E-state index is 0.0356. The molecule has 0 unspecified atom stereocenters. The molecule has 1 aromatic heterocycles. The van der Waals surface area contributed by atoms with Crippen molar-refractivity contribution >= 4 is 29.0 Å². The smallest absolute Gasteiger partial charge is 0.305 e. The molecule has 4 nitrogen and oxygen atoms in total. The van der Waals surface area contributed by atoms with Crippen molar-refractivity contribution in [1.82, 2.24) is 4.98 Å². The molecule has 2 amide bonds. The van der Waals surface area contributed by atoms with Crippen LogP contribution in [0.4, 0.5) is 29.3 Å². The molecule has 0 aliphatic rings. The molecule has 0 bridgehead atoms. The maximum absolute atomic E-state index is 13.3. The Morgan fingerprint density at radius 3 is 2.45 bits per heavy atom. The predicted molar refractivity (Wildman–Crippen MR) is 68.2 cm³/mol. The van der Waals surface area contributed by atoms with E-state index in [0.29, 0.717) is 6.07 Å². The monoisotopic (exact) mass is 301 g/mol. The molecular weight excluding hydrogens is 295 g/mol. The highest BCUT2D eigenvalue weighted by atomic mass is 35.5. The fourth-order valence-corrected chi connectivity index (χ4v) is 1.54. The third-order valence-electron chi connectivity index (χ3n) is 2.29. The molecule has 8 heteroatoms. The first kappa shape index (κ1) is 14.1. The highest BCUT2D eigenvalue weighted by Crippen LogP contribution is 2.21. The summed E-state index contributed by atoms with van der Waals surface area (Å²) in [5.74, 6) is -4.50. The van der Waals surface area contributed by atoms with E-state index in [1.165, 1.54) is 18.3 Å². The molecule has 104 valence electrons. The number of pyridine rings is 1. The molecule has 1 heterocycles. The van der Waals surface area contributed by atoms with Gasteiger partial charge in [0.05, 0.1) is 11.4 Å². The normalized spacial score (nSPS) is 10.2. The van der Waals surface area contributed by atoms with E-state index in [2.05, 4.69) is 10.3 Å². The minimum atomic E-state index is -1.66. The van der Waals surface area contributed by atoms with E-state index in [9.17, 15) is 18.0 Å². The zero-order valence-corrected chi connectivity index (χ0v) is 10.5. The average molecular weight is 302 g/mol. The molecule has 1 aromatic carbocycles. The van der Waals surface area contributed by atoms with Crippen LogP contribution in [0.25, 0.3) is 0 Å². The van der Waals surface area contributed by atoms with E-state index in [4.69, 9.17) is 11.6 Å². The van der Waals surface area contributed by atoms with E-state index in [-0.39, 0.29) is 10.8 Å². The van der Waals surface area contributed by atoms with Gasteiger partial charge in [0.15, 0.2) is 22.6 Å². The first-order chi connectivity index (χ1) is 9.49. The van der Waals surface area contributed by atoms with Crippen molar-refractivity contribution in [3.8, 4) is 0 Å². The summed E-state index contributed by atoms with van der Waals surface area (Å²) in [7, 11) is 0. The highest BCUT2D eigenvalue weighted by molar-refractivity contribution is 6.32. The molecule has 0 aliphatic heterocycles. The maximum Gasteiger partial charge on any atom is 0.323 e. The second kappa shape index (κ2) is 5.79. The fourth-order valence-electron chi connectivity index (χ4n) is 1.38. The van der Waals surface area contributed by atoms with Gasteiger partial charge in [-0.3, -0.25) is 0 Å². The number of urea groups is 1. The minimum Gasteiger partial charge on any atom is -0.305 e. The van der Waals surface area contributed by atoms with Crippen LogP contribution in [0.3, 0.4) is 0 Å². The Labute approximate surface area is 116 Å². The molecule has 0 atom stereocenters. The number of carbonyl (C=O) groups excluding carboxylic acids is 1. The van der Waals surface area contributed by atoms with Crippen LogP contribution in [0.15, 0.2) is 30.5 Å². The molecule has 0 radical (unpaired) electrons. The lowest BCUT2D eigenvalue weighted by molar-refractivity contribution is 0.262. The quantitative estimate of drug-likeness (QED) is 0.655. The van der Waals surface area contributed by atoms with Crippen LogP contribution in [0.2, 0.25) is 5.15 Å². The molecule has 2 N–H and O–H groups in total. The molecule has 20 heavy (non-hydrogen) atoms. The number of amides is 2. The first-order valence-corrected chi connectivity index (χ1v) is 5.69. The van der Waals surface area contributed by atoms with Crippen LogP contribution in [0.1, 0.15) is 0 Å². The number of hydrogen-bond acceptors (Lipinski definition) is 2. The molecule has 2 rings (SSSR count). The van der Waals surface area contributed by atoms with Crippen LogP contribution in [0.5, 0.6) is 0 Å². The van der Waals surface area contributed by atoms with E-state index < -0.39 is 29.2 Å². The van der Waals surface area contributed by atoms with Gasteiger partial charge in [-0.05, 0) is 24.3 Å². The zero-order valence-electron chi connectivity index (χ0n) is 9.75. The largest absolute Gasteiger partial charge is 0.323 e. The van der Waals surface area contributed by atoms with Crippen molar-refractivity contribution in [1.29, 1.82) is 0 Å². The Hall–Kier alpha value is -2.28. The van der Waals surface area contributed by atoms with Gasteiger partial charge in [0.2, 0.25) is 0 Å². The van der Waals surface area contributed by atoms with Crippen LogP contribution in [-0.2, 0) is 0 Å². The number of benzene rings is 1. The lowest BCUT2D eigenvalue weighted by atomic mass is 10.3. The number of rotatable bonds is 2. The average Bonchev–Trinajstić information content (AvgIpc) is 2.42. The molecule has 0 saturated heterocycles. The molecule has 0 saturated carbocycles. The predicted octanol–water partition coefficient (Wildman–Crippen LogP) is 3.80. The zero-order chi connectivity index (χ0) is 14.7. The summed E-state index contributed by atoms with van der Waals surface area (Å²) in [4.78, 5) is 15.3. The van der Waals surface area contributed by atoms with Crippen molar-refractivity contribution < 1.29 is 18.0 Å². The lowest BCUT2D eigenvalue weighted by Crippen LogP contribution is -2.20. The Morgan fingerprint density at radius 2 is 1.75 bits per heavy atom. The van der Waals surface area contributed by atoms with Crippen LogP contribution in [-0.4, -0.2) is 11.0 Å². The van der Waals surface area contributed by atoms with Gasteiger partial charge in [-0.2, -0.15) is 0 Å². The molecule has 2 aromatic rings. The summed E-state index contributed by atoms with van der Waals surface area (Å²) in [5, 5.41) is 4.36. The second-order valence-electron chi connectivity index (χ2n) is 3.64. The standard InChI is InChI=1S/C12H7ClF3N3O/c13-11-8(2-1-5-17-11)19-12(20)18-7-4-3-6(14)9(15)10(7)16/h1-5H,(H2,18,19,20). The van der Waals surface area contributed by atoms with Crippen molar-refractivity contribution in [2.75, 3.05) is 10.6 Å². The third kappa shape index (κ3) is 3.00. The van der Waals surface area contributed by atoms with Crippen molar-refractivity contribution in [3.63, 3.8) is 0 Å². The van der Waals surface area contributed by atoms with E-state index in [1.54, 1.807) is 0 Å². The van der Waals surface area contributed by atoms with E-state index >= 15 is 0 Å². The Morgan fingerprint density at radius 1 is 1.05 bits per heavy atom. The lowest BCUT2D eigenvalue weighted by Gasteiger charge is -2.09. The van der Waals surface area contributed by atoms with Gasteiger partial charge in [-0.25, -0.2) is 22.9 Å². The SMILES string of the molecule is O=C(Nc1cccnc1Cl)Nc1ccc(F)c(F)c1F. The van der Waals surface area contributed by atoms with Crippen molar-refractivity contribution in [2.45, 2.75) is 0 Å². The molecule has 0 aliphatic carbocycles. The van der Waals surface area contributed by atoms with Gasteiger partial charge in [-0.1, -0.05) is 11.6 Å². The number of aromatic nitrogens is 1. The summed E-state index contributed by atoms with van der Waals surface area (Å²) in [6.45, 7) is 0. The third-order valence-corrected chi connectivity index (χ3v) is 2.59. The summed E-state index contributed by atoms with van der Waals surface area (Å²) in [5.41, 5.74) is -0.309. The van der Waals surface area contributed by atoms with Gasteiger partial charge in [-0.15, -0.1) is 0 Å². The number of hydrogen-bond donors (Lipinski definition) is 2. The number of nitrogens with zero attached hydrogens (tertiary/aromatic N) is 1. The Kier molecular flexibility index (Phi) is 4.09. The number of halogens is 4.